The minimum absolute atomic E-state index is 0.0636. The molecule has 2 nitrogen and oxygen atoms in total. The highest BCUT2D eigenvalue weighted by Crippen LogP contribution is 2.39. The summed E-state index contributed by atoms with van der Waals surface area (Å²) in [5.74, 6) is -0.783. The van der Waals surface area contributed by atoms with Crippen LogP contribution in [-0.2, 0) is 19.3 Å². The molecule has 3 unspecified atom stereocenters. The molecular weight excluding hydrogens is 388 g/mol. The lowest BCUT2D eigenvalue weighted by Crippen LogP contribution is -2.28. The van der Waals surface area contributed by atoms with E-state index in [2.05, 4.69) is 51.6 Å². The molecule has 0 amide bonds. The molecule has 32 heavy (non-hydrogen) atoms. The van der Waals surface area contributed by atoms with Gasteiger partial charge >= 0.3 is 0 Å². The van der Waals surface area contributed by atoms with Crippen LogP contribution in [0.5, 0.6) is 0 Å². The molecule has 0 bridgehead atoms. The van der Waals surface area contributed by atoms with E-state index in [1.807, 2.05) is 38.1 Å². The smallest absolute Gasteiger partial charge is 0.225 e. The maximum Gasteiger partial charge on any atom is 0.295 e. The summed E-state index contributed by atoms with van der Waals surface area (Å²) in [6.07, 6.45) is 0.684. The van der Waals surface area contributed by atoms with Crippen LogP contribution in [0.3, 0.4) is 0 Å². The lowest BCUT2D eigenvalue weighted by Gasteiger charge is -2.16. The average molecular weight is 425 g/mol. The Hall–Kier alpha value is -3.13. The van der Waals surface area contributed by atoms with Crippen molar-refractivity contribution >= 4 is 27.3 Å². The number of rotatable bonds is 5. The molecular formula is C30H31N2+. The van der Waals surface area contributed by atoms with Crippen LogP contribution >= 0.6 is 0 Å². The Balaban J connectivity index is 1.75. The molecule has 3 aromatic carbocycles. The van der Waals surface area contributed by atoms with E-state index in [4.69, 9.17) is 6.85 Å². The Bertz CT molecular complexity index is 1680. The zero-order chi connectivity index (χ0) is 26.2. The fraction of sp³-hybridized carbons (Fsp3) is 0.300. The van der Waals surface area contributed by atoms with E-state index in [9.17, 15) is 0 Å². The predicted molar refractivity (Wildman–Crippen MR) is 134 cm³/mol. The second-order valence-electron chi connectivity index (χ2n) is 9.34. The van der Waals surface area contributed by atoms with Crippen LogP contribution in [0.1, 0.15) is 51.2 Å². The summed E-state index contributed by atoms with van der Waals surface area (Å²) in [5, 5.41) is 3.61. The summed E-state index contributed by atoms with van der Waals surface area (Å²) < 4.78 is 46.7. The first-order valence-electron chi connectivity index (χ1n) is 14.1. The van der Waals surface area contributed by atoms with Crippen LogP contribution in [0.15, 0.2) is 66.9 Å². The largest absolute Gasteiger partial charge is 0.295 e. The van der Waals surface area contributed by atoms with Crippen molar-refractivity contribution < 1.29 is 11.4 Å². The van der Waals surface area contributed by atoms with E-state index >= 15 is 0 Å². The number of hydrogen-bond acceptors (Lipinski definition) is 0. The second-order valence-corrected chi connectivity index (χ2v) is 9.34. The molecule has 0 fully saturated rings. The first-order chi connectivity index (χ1) is 17.6. The lowest BCUT2D eigenvalue weighted by molar-refractivity contribution is -0.657. The first-order valence-corrected chi connectivity index (χ1v) is 11.4. The average Bonchev–Trinajstić information content (AvgIpc) is 3.43. The summed E-state index contributed by atoms with van der Waals surface area (Å²) in [6.45, 7) is 4.21. The van der Waals surface area contributed by atoms with Crippen molar-refractivity contribution in [2.45, 2.75) is 47.0 Å². The van der Waals surface area contributed by atoms with E-state index in [1.54, 1.807) is 6.92 Å². The summed E-state index contributed by atoms with van der Waals surface area (Å²) in [6, 6.07) is 20.6. The fourth-order valence-corrected chi connectivity index (χ4v) is 5.40. The number of nitrogens with zero attached hydrogens (tertiary/aromatic N) is 2. The van der Waals surface area contributed by atoms with Crippen molar-refractivity contribution in [1.82, 2.24) is 4.40 Å². The third kappa shape index (κ3) is 2.82. The topological polar surface area (TPSA) is 8.29 Å². The maximum absolute atomic E-state index is 9.09. The molecule has 0 aliphatic carbocycles. The number of imidazole rings is 1. The highest BCUT2D eigenvalue weighted by Gasteiger charge is 2.32. The molecule has 1 aliphatic rings. The molecule has 6 rings (SSSR count). The Morgan fingerprint density at radius 1 is 0.906 bits per heavy atom. The van der Waals surface area contributed by atoms with Crippen LogP contribution in [0.25, 0.3) is 38.6 Å². The maximum atomic E-state index is 9.09. The molecule has 160 valence electrons. The summed E-state index contributed by atoms with van der Waals surface area (Å²) in [4.78, 5) is 0. The van der Waals surface area contributed by atoms with Gasteiger partial charge in [0.15, 0.2) is 5.69 Å². The van der Waals surface area contributed by atoms with Crippen molar-refractivity contribution in [3.8, 4) is 11.3 Å². The molecule has 5 aromatic rings. The van der Waals surface area contributed by atoms with Gasteiger partial charge in [-0.2, -0.15) is 4.40 Å². The molecule has 1 aliphatic heterocycles. The molecule has 3 atom stereocenters. The lowest BCUT2D eigenvalue weighted by atomic mass is 9.89. The van der Waals surface area contributed by atoms with Crippen molar-refractivity contribution in [2.75, 3.05) is 0 Å². The van der Waals surface area contributed by atoms with Crippen molar-refractivity contribution in [3.63, 3.8) is 0 Å². The van der Waals surface area contributed by atoms with Gasteiger partial charge in [-0.25, -0.2) is 4.57 Å². The summed E-state index contributed by atoms with van der Waals surface area (Å²) in [5.41, 5.74) is 6.71. The third-order valence-electron chi connectivity index (χ3n) is 6.48. The van der Waals surface area contributed by atoms with Gasteiger partial charge in [0.25, 0.3) is 5.65 Å². The minimum atomic E-state index is -2.25. The number of hydrogen-bond donors (Lipinski definition) is 0. The number of para-hydroxylation sites is 1. The van der Waals surface area contributed by atoms with Gasteiger partial charge in [-0.05, 0) is 41.8 Å². The highest BCUT2D eigenvalue weighted by atomic mass is 15.1. The van der Waals surface area contributed by atoms with E-state index in [0.717, 1.165) is 39.9 Å². The first kappa shape index (κ1) is 14.8. The highest BCUT2D eigenvalue weighted by molar-refractivity contribution is 6.13. The van der Waals surface area contributed by atoms with Crippen LogP contribution in [-0.4, -0.2) is 4.40 Å². The SMILES string of the molecule is [2H]C(c1cccc(C([2H])C(C)C([2H])([2H])[2H])c1-c1c[n+]2c3c4c(cccc4c4ccccc4n13)C2)C(C)C. The number of pyridine rings is 1. The summed E-state index contributed by atoms with van der Waals surface area (Å²) >= 11 is 0. The molecule has 2 aromatic heterocycles. The van der Waals surface area contributed by atoms with E-state index < -0.39 is 25.6 Å². The standard InChI is InChI=1S/C30H31N2/c1-19(2)15-21-9-7-10-22(16-20(3)4)28(21)27-18-31-17-23-11-8-13-25-24-12-5-6-14-26(24)32(27)30(31)29(23)25/h5-14,18-20H,15-17H2,1-4H3/q+1/i1D3,15D,16D. The van der Waals surface area contributed by atoms with Gasteiger partial charge in [-0.1, -0.05) is 82.2 Å². The van der Waals surface area contributed by atoms with Gasteiger partial charge in [-0.3, -0.25) is 0 Å². The van der Waals surface area contributed by atoms with Crippen LogP contribution < -0.4 is 4.57 Å². The zero-order valence-corrected chi connectivity index (χ0v) is 18.8. The third-order valence-corrected chi connectivity index (χ3v) is 6.48. The van der Waals surface area contributed by atoms with Crippen molar-refractivity contribution in [1.29, 1.82) is 0 Å². The Kier molecular flexibility index (Phi) is 3.34. The van der Waals surface area contributed by atoms with Crippen LogP contribution in [0.4, 0.5) is 0 Å². The Labute approximate surface area is 197 Å². The van der Waals surface area contributed by atoms with E-state index in [1.165, 1.54) is 16.3 Å². The zero-order valence-electron chi connectivity index (χ0n) is 23.8. The van der Waals surface area contributed by atoms with Crippen LogP contribution in [0, 0.1) is 11.8 Å². The number of benzene rings is 3. The molecule has 0 spiro atoms. The van der Waals surface area contributed by atoms with Crippen molar-refractivity contribution in [3.05, 3.63) is 83.6 Å². The minimum Gasteiger partial charge on any atom is -0.225 e. The molecule has 2 heteroatoms. The van der Waals surface area contributed by atoms with E-state index in [-0.39, 0.29) is 5.92 Å². The Morgan fingerprint density at radius 3 is 2.41 bits per heavy atom. The summed E-state index contributed by atoms with van der Waals surface area (Å²) in [7, 11) is 0. The van der Waals surface area contributed by atoms with Crippen LogP contribution in [0.2, 0.25) is 0 Å². The Morgan fingerprint density at radius 2 is 1.62 bits per heavy atom. The second kappa shape index (κ2) is 7.20. The monoisotopic (exact) mass is 424 g/mol. The van der Waals surface area contributed by atoms with Crippen molar-refractivity contribution in [2.24, 2.45) is 11.8 Å². The fourth-order valence-electron chi connectivity index (χ4n) is 5.40. The van der Waals surface area contributed by atoms with Gasteiger partial charge in [0, 0.05) is 28.8 Å². The predicted octanol–water partition coefficient (Wildman–Crippen LogP) is 6.96. The van der Waals surface area contributed by atoms with E-state index in [0.29, 0.717) is 5.56 Å². The number of aromatic nitrogens is 2. The molecule has 0 N–H and O–H groups in total. The van der Waals surface area contributed by atoms with Gasteiger partial charge < -0.3 is 0 Å². The molecule has 0 saturated carbocycles. The quantitative estimate of drug-likeness (QED) is 0.209. The van der Waals surface area contributed by atoms with Gasteiger partial charge in [-0.15, -0.1) is 0 Å². The molecule has 0 radical (unpaired) electrons. The van der Waals surface area contributed by atoms with Gasteiger partial charge in [0.05, 0.1) is 5.39 Å². The number of fused-ring (bicyclic) bond motifs is 3. The molecule has 3 heterocycles. The van der Waals surface area contributed by atoms with Gasteiger partial charge in [0.1, 0.15) is 18.3 Å². The molecule has 0 saturated heterocycles. The normalized spacial score (nSPS) is 18.6. The van der Waals surface area contributed by atoms with Gasteiger partial charge in [0.2, 0.25) is 0 Å².